The fourth-order valence-electron chi connectivity index (χ4n) is 3.23. The number of para-hydroxylation sites is 1. The van der Waals surface area contributed by atoms with E-state index in [0.717, 1.165) is 18.8 Å². The number of thiocarbonyl (C=S) groups is 1. The summed E-state index contributed by atoms with van der Waals surface area (Å²) >= 11 is 5.22. The standard InChI is InChI=1S/C22H23N3O3S/c1-4-24(5-2)17-12-11-15(19(14-17)28-3)13-18-20(26)23-22(29)25(21(18)27)16-9-7-6-8-10-16/h6-14H,4-5H2,1-3H3,(H,23,26,29). The minimum atomic E-state index is -0.526. The summed E-state index contributed by atoms with van der Waals surface area (Å²) in [6.07, 6.45) is 1.54. The van der Waals surface area contributed by atoms with E-state index in [2.05, 4.69) is 24.1 Å². The number of methoxy groups -OCH3 is 1. The van der Waals surface area contributed by atoms with E-state index in [9.17, 15) is 9.59 Å². The monoisotopic (exact) mass is 409 g/mol. The van der Waals surface area contributed by atoms with E-state index >= 15 is 0 Å². The topological polar surface area (TPSA) is 61.9 Å². The van der Waals surface area contributed by atoms with E-state index in [1.807, 2.05) is 24.3 Å². The van der Waals surface area contributed by atoms with Gasteiger partial charge in [0, 0.05) is 30.4 Å². The van der Waals surface area contributed by atoms with Crippen molar-refractivity contribution in [2.24, 2.45) is 0 Å². The van der Waals surface area contributed by atoms with Crippen molar-refractivity contribution in [3.63, 3.8) is 0 Å². The summed E-state index contributed by atoms with van der Waals surface area (Å²) in [6.45, 7) is 5.89. The van der Waals surface area contributed by atoms with Crippen molar-refractivity contribution in [2.45, 2.75) is 13.8 Å². The Balaban J connectivity index is 2.01. The van der Waals surface area contributed by atoms with Crippen LogP contribution in [0.1, 0.15) is 19.4 Å². The highest BCUT2D eigenvalue weighted by Gasteiger charge is 2.34. The van der Waals surface area contributed by atoms with Crippen LogP contribution in [0.4, 0.5) is 11.4 Å². The Hall–Kier alpha value is -3.19. The molecule has 1 heterocycles. The van der Waals surface area contributed by atoms with Gasteiger partial charge < -0.3 is 9.64 Å². The van der Waals surface area contributed by atoms with Crippen molar-refractivity contribution in [1.29, 1.82) is 0 Å². The van der Waals surface area contributed by atoms with Gasteiger partial charge in [-0.1, -0.05) is 18.2 Å². The molecule has 0 radical (unpaired) electrons. The van der Waals surface area contributed by atoms with Crippen LogP contribution in [0.3, 0.4) is 0 Å². The summed E-state index contributed by atoms with van der Waals surface area (Å²) in [5.41, 5.74) is 2.25. The first-order chi connectivity index (χ1) is 14.0. The van der Waals surface area contributed by atoms with Crippen LogP contribution >= 0.6 is 12.2 Å². The number of hydrogen-bond acceptors (Lipinski definition) is 5. The number of anilines is 2. The largest absolute Gasteiger partial charge is 0.496 e. The average Bonchev–Trinajstić information content (AvgIpc) is 2.73. The van der Waals surface area contributed by atoms with Gasteiger partial charge in [0.2, 0.25) is 0 Å². The second kappa shape index (κ2) is 8.87. The molecule has 1 N–H and O–H groups in total. The lowest BCUT2D eigenvalue weighted by atomic mass is 10.1. The first-order valence-electron chi connectivity index (χ1n) is 9.39. The molecule has 0 unspecified atom stereocenters. The maximum atomic E-state index is 13.1. The molecule has 1 aliphatic rings. The third-order valence-corrected chi connectivity index (χ3v) is 5.05. The molecule has 0 atom stereocenters. The number of ether oxygens (including phenoxy) is 1. The highest BCUT2D eigenvalue weighted by Crippen LogP contribution is 2.29. The maximum absolute atomic E-state index is 13.1. The van der Waals surface area contributed by atoms with Gasteiger partial charge >= 0.3 is 0 Å². The number of nitrogens with zero attached hydrogens (tertiary/aromatic N) is 2. The molecule has 150 valence electrons. The second-order valence-electron chi connectivity index (χ2n) is 6.39. The summed E-state index contributed by atoms with van der Waals surface area (Å²) in [6, 6.07) is 14.7. The van der Waals surface area contributed by atoms with Crippen LogP contribution < -0.4 is 19.9 Å². The second-order valence-corrected chi connectivity index (χ2v) is 6.78. The van der Waals surface area contributed by atoms with Crippen LogP contribution in [0.2, 0.25) is 0 Å². The minimum Gasteiger partial charge on any atom is -0.496 e. The molecule has 7 heteroatoms. The fourth-order valence-corrected chi connectivity index (χ4v) is 3.51. The van der Waals surface area contributed by atoms with Crippen LogP contribution in [0.5, 0.6) is 5.75 Å². The van der Waals surface area contributed by atoms with E-state index < -0.39 is 11.8 Å². The molecular weight excluding hydrogens is 386 g/mol. The summed E-state index contributed by atoms with van der Waals surface area (Å²) in [5, 5.41) is 2.66. The Bertz CT molecular complexity index is 969. The van der Waals surface area contributed by atoms with Crippen LogP contribution in [-0.2, 0) is 9.59 Å². The number of rotatable bonds is 6. The molecule has 2 aromatic carbocycles. The molecule has 2 aromatic rings. The van der Waals surface area contributed by atoms with E-state index in [-0.39, 0.29) is 10.7 Å². The van der Waals surface area contributed by atoms with Gasteiger partial charge in [-0.2, -0.15) is 0 Å². The average molecular weight is 410 g/mol. The smallest absolute Gasteiger partial charge is 0.270 e. The Labute approximate surface area is 175 Å². The number of hydrogen-bond donors (Lipinski definition) is 1. The predicted octanol–water partition coefficient (Wildman–Crippen LogP) is 3.37. The van der Waals surface area contributed by atoms with Crippen LogP contribution in [-0.4, -0.2) is 37.1 Å². The molecule has 2 amide bonds. The van der Waals surface area contributed by atoms with Gasteiger partial charge in [-0.15, -0.1) is 0 Å². The normalized spacial score (nSPS) is 15.5. The van der Waals surface area contributed by atoms with E-state index in [1.165, 1.54) is 4.90 Å². The van der Waals surface area contributed by atoms with Gasteiger partial charge in [0.25, 0.3) is 11.8 Å². The zero-order valence-corrected chi connectivity index (χ0v) is 17.5. The molecule has 0 saturated carbocycles. The molecule has 0 bridgehead atoms. The van der Waals surface area contributed by atoms with Gasteiger partial charge in [-0.3, -0.25) is 19.8 Å². The molecule has 0 spiro atoms. The number of carbonyl (C=O) groups is 2. The summed E-state index contributed by atoms with van der Waals surface area (Å²) in [7, 11) is 1.57. The molecule has 0 aromatic heterocycles. The summed E-state index contributed by atoms with van der Waals surface area (Å²) in [5.74, 6) is -0.413. The number of amides is 2. The fraction of sp³-hybridized carbons (Fsp3) is 0.227. The zero-order valence-electron chi connectivity index (χ0n) is 16.6. The Kier molecular flexibility index (Phi) is 6.29. The van der Waals surface area contributed by atoms with Crippen molar-refractivity contribution in [2.75, 3.05) is 30.0 Å². The Morgan fingerprint density at radius 3 is 2.41 bits per heavy atom. The molecule has 1 saturated heterocycles. The quantitative estimate of drug-likeness (QED) is 0.450. The van der Waals surface area contributed by atoms with Crippen molar-refractivity contribution in [3.05, 3.63) is 59.7 Å². The lowest BCUT2D eigenvalue weighted by Gasteiger charge is -2.29. The van der Waals surface area contributed by atoms with Crippen molar-refractivity contribution >= 4 is 46.6 Å². The minimum absolute atomic E-state index is 0.00339. The van der Waals surface area contributed by atoms with Crippen LogP contribution in [0.15, 0.2) is 54.1 Å². The van der Waals surface area contributed by atoms with Crippen LogP contribution in [0.25, 0.3) is 6.08 Å². The molecule has 0 aliphatic carbocycles. The lowest BCUT2D eigenvalue weighted by molar-refractivity contribution is -0.122. The van der Waals surface area contributed by atoms with E-state index in [1.54, 1.807) is 37.5 Å². The zero-order chi connectivity index (χ0) is 21.0. The Morgan fingerprint density at radius 2 is 1.79 bits per heavy atom. The van der Waals surface area contributed by atoms with Crippen molar-refractivity contribution < 1.29 is 14.3 Å². The number of benzene rings is 2. The highest BCUT2D eigenvalue weighted by atomic mass is 32.1. The van der Waals surface area contributed by atoms with Gasteiger partial charge in [0.15, 0.2) is 5.11 Å². The molecule has 6 nitrogen and oxygen atoms in total. The number of nitrogens with one attached hydrogen (secondary N) is 1. The van der Waals surface area contributed by atoms with E-state index in [0.29, 0.717) is 17.0 Å². The van der Waals surface area contributed by atoms with Crippen LogP contribution in [0, 0.1) is 0 Å². The summed E-state index contributed by atoms with van der Waals surface area (Å²) in [4.78, 5) is 29.1. The highest BCUT2D eigenvalue weighted by molar-refractivity contribution is 7.80. The van der Waals surface area contributed by atoms with Crippen molar-refractivity contribution in [3.8, 4) is 5.75 Å². The molecule has 29 heavy (non-hydrogen) atoms. The van der Waals surface area contributed by atoms with Gasteiger partial charge in [-0.25, -0.2) is 0 Å². The Morgan fingerprint density at radius 1 is 1.10 bits per heavy atom. The lowest BCUT2D eigenvalue weighted by Crippen LogP contribution is -2.54. The third-order valence-electron chi connectivity index (χ3n) is 4.76. The van der Waals surface area contributed by atoms with E-state index in [4.69, 9.17) is 17.0 Å². The predicted molar refractivity (Wildman–Crippen MR) is 119 cm³/mol. The molecule has 3 rings (SSSR count). The first-order valence-corrected chi connectivity index (χ1v) is 9.80. The first kappa shape index (κ1) is 20.5. The molecular formula is C22H23N3O3S. The maximum Gasteiger partial charge on any atom is 0.270 e. The van der Waals surface area contributed by atoms with Gasteiger partial charge in [0.1, 0.15) is 11.3 Å². The van der Waals surface area contributed by atoms with Crippen molar-refractivity contribution in [1.82, 2.24) is 5.32 Å². The molecule has 1 fully saturated rings. The third kappa shape index (κ3) is 4.14. The SMILES string of the molecule is CCN(CC)c1ccc(C=C2C(=O)NC(=S)N(c3ccccc3)C2=O)c(OC)c1. The number of carbonyl (C=O) groups excluding carboxylic acids is 2. The van der Waals surface area contributed by atoms with Gasteiger partial charge in [0.05, 0.1) is 12.8 Å². The van der Waals surface area contributed by atoms with Gasteiger partial charge in [-0.05, 0) is 56.4 Å². The molecule has 1 aliphatic heterocycles. The summed E-state index contributed by atoms with van der Waals surface area (Å²) < 4.78 is 5.52.